The second kappa shape index (κ2) is 5.14. The van der Waals surface area contributed by atoms with E-state index in [1.54, 1.807) is 18.2 Å². The van der Waals surface area contributed by atoms with Crippen LogP contribution in [0.2, 0.25) is 0 Å². The molecular weight excluding hydrogens is 192 g/mol. The second-order valence-electron chi connectivity index (χ2n) is 3.01. The van der Waals surface area contributed by atoms with Gasteiger partial charge in [0.05, 0.1) is 7.11 Å². The summed E-state index contributed by atoms with van der Waals surface area (Å²) in [5.41, 5.74) is 1.28. The average molecular weight is 206 g/mol. The number of hydrogen-bond donors (Lipinski definition) is 1. The number of carbonyl (C=O) groups is 1. The standard InChI is InChI=1S/C11H14N2O2/c1-4-7-12-10-9(11(14)15-3)6-5-8(2)13-10/h4-6H,1,7H2,2-3H3,(H,12,13). The number of methoxy groups -OCH3 is 1. The molecule has 4 heteroatoms. The molecule has 0 aliphatic rings. The van der Waals surface area contributed by atoms with Gasteiger partial charge < -0.3 is 10.1 Å². The van der Waals surface area contributed by atoms with Crippen LogP contribution >= 0.6 is 0 Å². The lowest BCUT2D eigenvalue weighted by Crippen LogP contribution is -2.10. The summed E-state index contributed by atoms with van der Waals surface area (Å²) >= 11 is 0. The smallest absolute Gasteiger partial charge is 0.341 e. The van der Waals surface area contributed by atoms with Gasteiger partial charge in [0.2, 0.25) is 0 Å². The molecule has 80 valence electrons. The van der Waals surface area contributed by atoms with Crippen LogP contribution in [-0.2, 0) is 4.74 Å². The molecule has 0 aliphatic heterocycles. The van der Waals surface area contributed by atoms with Crippen LogP contribution in [0.5, 0.6) is 0 Å². The summed E-state index contributed by atoms with van der Waals surface area (Å²) in [5.74, 6) is 0.135. The highest BCUT2D eigenvalue weighted by Gasteiger charge is 2.12. The van der Waals surface area contributed by atoms with Crippen molar-refractivity contribution in [1.29, 1.82) is 0 Å². The Labute approximate surface area is 89.0 Å². The molecule has 0 spiro atoms. The molecule has 0 aliphatic carbocycles. The Morgan fingerprint density at radius 1 is 1.67 bits per heavy atom. The van der Waals surface area contributed by atoms with Crippen LogP contribution in [0.1, 0.15) is 16.1 Å². The molecule has 1 N–H and O–H groups in total. The van der Waals surface area contributed by atoms with Gasteiger partial charge >= 0.3 is 5.97 Å². The molecule has 4 nitrogen and oxygen atoms in total. The van der Waals surface area contributed by atoms with Crippen molar-refractivity contribution in [2.45, 2.75) is 6.92 Å². The van der Waals surface area contributed by atoms with Crippen molar-refractivity contribution < 1.29 is 9.53 Å². The van der Waals surface area contributed by atoms with Crippen molar-refractivity contribution in [2.24, 2.45) is 0 Å². The highest BCUT2D eigenvalue weighted by molar-refractivity contribution is 5.94. The molecule has 0 unspecified atom stereocenters. The number of carbonyl (C=O) groups excluding carboxylic acids is 1. The maximum atomic E-state index is 11.4. The lowest BCUT2D eigenvalue weighted by Gasteiger charge is -2.08. The molecule has 0 saturated heterocycles. The van der Waals surface area contributed by atoms with E-state index in [4.69, 9.17) is 0 Å². The number of anilines is 1. The fraction of sp³-hybridized carbons (Fsp3) is 0.273. The number of nitrogens with zero attached hydrogens (tertiary/aromatic N) is 1. The van der Waals surface area contributed by atoms with E-state index in [2.05, 4.69) is 21.6 Å². The summed E-state index contributed by atoms with van der Waals surface area (Å²) in [6.07, 6.45) is 1.70. The summed E-state index contributed by atoms with van der Waals surface area (Å²) in [6.45, 7) is 6.00. The first-order chi connectivity index (χ1) is 7.19. The third-order valence-electron chi connectivity index (χ3n) is 1.85. The first-order valence-corrected chi connectivity index (χ1v) is 4.59. The van der Waals surface area contributed by atoms with Crippen LogP contribution in [-0.4, -0.2) is 24.6 Å². The summed E-state index contributed by atoms with van der Waals surface area (Å²) in [5, 5.41) is 2.99. The van der Waals surface area contributed by atoms with Crippen molar-refractivity contribution in [2.75, 3.05) is 19.0 Å². The third-order valence-corrected chi connectivity index (χ3v) is 1.85. The minimum absolute atomic E-state index is 0.394. The van der Waals surface area contributed by atoms with Crippen molar-refractivity contribution >= 4 is 11.8 Å². The van der Waals surface area contributed by atoms with E-state index in [-0.39, 0.29) is 0 Å². The van der Waals surface area contributed by atoms with Crippen molar-refractivity contribution in [3.63, 3.8) is 0 Å². The van der Waals surface area contributed by atoms with Gasteiger partial charge in [0.1, 0.15) is 11.4 Å². The Balaban J connectivity index is 3.02. The molecule has 0 radical (unpaired) electrons. The molecule has 1 aromatic rings. The maximum absolute atomic E-state index is 11.4. The quantitative estimate of drug-likeness (QED) is 0.602. The fourth-order valence-electron chi connectivity index (χ4n) is 1.13. The molecule has 0 saturated carbocycles. The zero-order chi connectivity index (χ0) is 11.3. The second-order valence-corrected chi connectivity index (χ2v) is 3.01. The van der Waals surface area contributed by atoms with Gasteiger partial charge in [-0.05, 0) is 19.1 Å². The van der Waals surface area contributed by atoms with E-state index in [0.29, 0.717) is 17.9 Å². The van der Waals surface area contributed by atoms with Gasteiger partial charge in [-0.1, -0.05) is 6.08 Å². The monoisotopic (exact) mass is 206 g/mol. The zero-order valence-electron chi connectivity index (χ0n) is 8.91. The number of ether oxygens (including phenoxy) is 1. The molecule has 0 amide bonds. The Bertz CT molecular complexity index is 375. The van der Waals surface area contributed by atoms with Gasteiger partial charge in [-0.3, -0.25) is 0 Å². The summed E-state index contributed by atoms with van der Waals surface area (Å²) in [6, 6.07) is 3.46. The summed E-state index contributed by atoms with van der Waals surface area (Å²) in [7, 11) is 1.35. The molecular formula is C11H14N2O2. The molecule has 1 aromatic heterocycles. The molecule has 0 atom stereocenters. The van der Waals surface area contributed by atoms with E-state index in [0.717, 1.165) is 5.69 Å². The van der Waals surface area contributed by atoms with Crippen molar-refractivity contribution in [3.8, 4) is 0 Å². The van der Waals surface area contributed by atoms with Crippen LogP contribution in [0.25, 0.3) is 0 Å². The SMILES string of the molecule is C=CCNc1nc(C)ccc1C(=O)OC. The van der Waals surface area contributed by atoms with Crippen LogP contribution < -0.4 is 5.32 Å². The number of aromatic nitrogens is 1. The van der Waals surface area contributed by atoms with E-state index in [1.165, 1.54) is 7.11 Å². The van der Waals surface area contributed by atoms with Gasteiger partial charge in [-0.15, -0.1) is 6.58 Å². The zero-order valence-corrected chi connectivity index (χ0v) is 8.91. The van der Waals surface area contributed by atoms with Gasteiger partial charge in [-0.2, -0.15) is 0 Å². The Hall–Kier alpha value is -1.84. The van der Waals surface area contributed by atoms with Crippen LogP contribution in [0.4, 0.5) is 5.82 Å². The van der Waals surface area contributed by atoms with Gasteiger partial charge in [0.25, 0.3) is 0 Å². The lowest BCUT2D eigenvalue weighted by atomic mass is 10.2. The molecule has 1 rings (SSSR count). The number of aryl methyl sites for hydroxylation is 1. The van der Waals surface area contributed by atoms with Gasteiger partial charge in [0, 0.05) is 12.2 Å². The number of nitrogens with one attached hydrogen (secondary N) is 1. The van der Waals surface area contributed by atoms with Crippen molar-refractivity contribution in [3.05, 3.63) is 36.0 Å². The van der Waals surface area contributed by atoms with Crippen molar-refractivity contribution in [1.82, 2.24) is 4.98 Å². The molecule has 0 fully saturated rings. The highest BCUT2D eigenvalue weighted by atomic mass is 16.5. The maximum Gasteiger partial charge on any atom is 0.341 e. The number of esters is 1. The van der Waals surface area contributed by atoms with E-state index in [9.17, 15) is 4.79 Å². The Morgan fingerprint density at radius 3 is 3.00 bits per heavy atom. The van der Waals surface area contributed by atoms with Crippen LogP contribution in [0, 0.1) is 6.92 Å². The minimum atomic E-state index is -0.394. The Morgan fingerprint density at radius 2 is 2.40 bits per heavy atom. The number of pyridine rings is 1. The lowest BCUT2D eigenvalue weighted by molar-refractivity contribution is 0.0601. The first kappa shape index (κ1) is 11.2. The normalized spacial score (nSPS) is 9.47. The van der Waals surface area contributed by atoms with E-state index >= 15 is 0 Å². The van der Waals surface area contributed by atoms with Gasteiger partial charge in [-0.25, -0.2) is 9.78 Å². The topological polar surface area (TPSA) is 51.2 Å². The molecule has 0 aromatic carbocycles. The van der Waals surface area contributed by atoms with E-state index < -0.39 is 5.97 Å². The molecule has 0 bridgehead atoms. The first-order valence-electron chi connectivity index (χ1n) is 4.59. The van der Waals surface area contributed by atoms with Crippen LogP contribution in [0.3, 0.4) is 0 Å². The summed E-state index contributed by atoms with van der Waals surface area (Å²) in [4.78, 5) is 15.6. The van der Waals surface area contributed by atoms with Crippen LogP contribution in [0.15, 0.2) is 24.8 Å². The Kier molecular flexibility index (Phi) is 3.85. The molecule has 1 heterocycles. The predicted molar refractivity (Wildman–Crippen MR) is 59.0 cm³/mol. The van der Waals surface area contributed by atoms with E-state index in [1.807, 2.05) is 6.92 Å². The minimum Gasteiger partial charge on any atom is -0.465 e. The third kappa shape index (κ3) is 2.80. The fourth-order valence-corrected chi connectivity index (χ4v) is 1.13. The highest BCUT2D eigenvalue weighted by Crippen LogP contribution is 2.14. The predicted octanol–water partition coefficient (Wildman–Crippen LogP) is 1.77. The average Bonchev–Trinajstić information content (AvgIpc) is 2.25. The largest absolute Gasteiger partial charge is 0.465 e. The molecule has 15 heavy (non-hydrogen) atoms. The number of hydrogen-bond acceptors (Lipinski definition) is 4. The van der Waals surface area contributed by atoms with Gasteiger partial charge in [0.15, 0.2) is 0 Å². The summed E-state index contributed by atoms with van der Waals surface area (Å²) < 4.78 is 4.65. The number of rotatable bonds is 4.